The zero-order chi connectivity index (χ0) is 25.9. The highest BCUT2D eigenvalue weighted by atomic mass is 35.5. The van der Waals surface area contributed by atoms with Gasteiger partial charge in [-0.15, -0.1) is 0 Å². The summed E-state index contributed by atoms with van der Waals surface area (Å²) in [5, 5.41) is 10.9. The quantitative estimate of drug-likeness (QED) is 0.526. The SMILES string of the molecule is N#CC1=C(N)N(c2ccc(Cl)cc2)C2=C(C(=O)OC2)[C@]12C(=O)N(Cc1ccccc1F)c1ccccc12. The number of nitriles is 1. The highest BCUT2D eigenvalue weighted by Gasteiger charge is 2.64. The topological polar surface area (TPSA) is 99.7 Å². The number of halogens is 2. The Balaban J connectivity index is 1.61. The Bertz CT molecular complexity index is 1610. The van der Waals surface area contributed by atoms with Gasteiger partial charge in [-0.25, -0.2) is 9.18 Å². The molecule has 3 heterocycles. The fourth-order valence-electron chi connectivity index (χ4n) is 5.43. The number of rotatable bonds is 3. The van der Waals surface area contributed by atoms with Gasteiger partial charge >= 0.3 is 5.97 Å². The normalized spacial score (nSPS) is 20.4. The third-order valence-electron chi connectivity index (χ3n) is 7.00. The Hall–Kier alpha value is -4.61. The summed E-state index contributed by atoms with van der Waals surface area (Å²) in [6.45, 7) is -0.234. The molecular weight excluding hydrogens is 495 g/mol. The largest absolute Gasteiger partial charge is 0.456 e. The summed E-state index contributed by atoms with van der Waals surface area (Å²) in [5.74, 6) is -1.76. The lowest BCUT2D eigenvalue weighted by Crippen LogP contribution is -2.50. The Morgan fingerprint density at radius 3 is 2.49 bits per heavy atom. The lowest BCUT2D eigenvalue weighted by molar-refractivity contribution is -0.137. The molecule has 3 aliphatic heterocycles. The first-order valence-electron chi connectivity index (χ1n) is 11.4. The third-order valence-corrected chi connectivity index (χ3v) is 7.25. The molecule has 182 valence electrons. The minimum absolute atomic E-state index is 0.00207. The van der Waals surface area contributed by atoms with Gasteiger partial charge in [0.25, 0.3) is 0 Å². The molecule has 0 bridgehead atoms. The molecule has 1 atom stereocenters. The van der Waals surface area contributed by atoms with E-state index in [1.54, 1.807) is 71.6 Å². The van der Waals surface area contributed by atoms with E-state index in [0.717, 1.165) is 0 Å². The minimum Gasteiger partial charge on any atom is -0.456 e. The van der Waals surface area contributed by atoms with Crippen molar-refractivity contribution >= 4 is 34.9 Å². The maximum Gasteiger partial charge on any atom is 0.338 e. The number of anilines is 2. The van der Waals surface area contributed by atoms with Gasteiger partial charge in [-0.05, 0) is 36.4 Å². The minimum atomic E-state index is -1.83. The molecule has 9 heteroatoms. The monoisotopic (exact) mass is 512 g/mol. The summed E-state index contributed by atoms with van der Waals surface area (Å²) in [4.78, 5) is 30.7. The number of hydrogen-bond donors (Lipinski definition) is 1. The second-order valence-electron chi connectivity index (χ2n) is 8.83. The van der Waals surface area contributed by atoms with E-state index in [2.05, 4.69) is 6.07 Å². The number of nitrogens with two attached hydrogens (primary N) is 1. The number of para-hydroxylation sites is 1. The van der Waals surface area contributed by atoms with Crippen LogP contribution in [-0.2, 0) is 26.3 Å². The van der Waals surface area contributed by atoms with Crippen molar-refractivity contribution in [3.05, 3.63) is 117 Å². The standard InChI is InChI=1S/C28H18ClFN4O3/c29-17-9-11-18(12-10-17)34-23-15-37-26(35)24(23)28(20(13-31)25(34)32)19-6-2-4-8-22(19)33(27(28)36)14-16-5-1-3-7-21(16)30/h1-12H,14-15,32H2/t28-/m1/s1. The lowest BCUT2D eigenvalue weighted by Gasteiger charge is -2.38. The molecule has 6 rings (SSSR count). The third kappa shape index (κ3) is 3.04. The number of carbonyl (C=O) groups is 2. The number of fused-ring (bicyclic) bond motifs is 3. The summed E-state index contributed by atoms with van der Waals surface area (Å²) >= 11 is 6.06. The van der Waals surface area contributed by atoms with Gasteiger partial charge in [0.05, 0.1) is 23.4 Å². The smallest absolute Gasteiger partial charge is 0.338 e. The average Bonchev–Trinajstić information content (AvgIpc) is 3.39. The first kappa shape index (κ1) is 22.8. The summed E-state index contributed by atoms with van der Waals surface area (Å²) in [6.07, 6.45) is 0. The summed E-state index contributed by atoms with van der Waals surface area (Å²) < 4.78 is 20.0. The van der Waals surface area contributed by atoms with E-state index < -0.39 is 23.1 Å². The number of benzene rings is 3. The number of carbonyl (C=O) groups excluding carboxylic acids is 2. The van der Waals surface area contributed by atoms with Gasteiger partial charge in [0.1, 0.15) is 29.7 Å². The molecule has 0 unspecified atom stereocenters. The molecule has 0 saturated heterocycles. The van der Waals surface area contributed by atoms with E-state index in [9.17, 15) is 19.2 Å². The summed E-state index contributed by atoms with van der Waals surface area (Å²) in [5.41, 5.74) is 6.80. The molecule has 1 amide bonds. The van der Waals surface area contributed by atoms with Gasteiger partial charge in [0.15, 0.2) is 0 Å². The molecule has 3 aromatic rings. The molecule has 0 fully saturated rings. The number of hydrogen-bond acceptors (Lipinski definition) is 6. The molecule has 37 heavy (non-hydrogen) atoms. The van der Waals surface area contributed by atoms with Crippen LogP contribution in [-0.4, -0.2) is 18.5 Å². The van der Waals surface area contributed by atoms with Crippen molar-refractivity contribution in [1.82, 2.24) is 0 Å². The first-order chi connectivity index (χ1) is 17.9. The van der Waals surface area contributed by atoms with Gasteiger partial charge < -0.3 is 15.4 Å². The Morgan fingerprint density at radius 1 is 1.05 bits per heavy atom. The zero-order valence-electron chi connectivity index (χ0n) is 19.2. The lowest BCUT2D eigenvalue weighted by atomic mass is 9.67. The van der Waals surface area contributed by atoms with Crippen LogP contribution in [0.3, 0.4) is 0 Å². The van der Waals surface area contributed by atoms with Crippen LogP contribution in [0.1, 0.15) is 11.1 Å². The second kappa shape index (κ2) is 8.22. The fraction of sp³-hybridized carbons (Fsp3) is 0.107. The number of esters is 1. The van der Waals surface area contributed by atoms with Crippen molar-refractivity contribution < 1.29 is 18.7 Å². The van der Waals surface area contributed by atoms with Gasteiger partial charge in [-0.1, -0.05) is 48.0 Å². The average molecular weight is 513 g/mol. The zero-order valence-corrected chi connectivity index (χ0v) is 20.0. The van der Waals surface area contributed by atoms with Crippen molar-refractivity contribution in [3.63, 3.8) is 0 Å². The van der Waals surface area contributed by atoms with Crippen LogP contribution in [0.15, 0.2) is 95.5 Å². The van der Waals surface area contributed by atoms with Crippen LogP contribution in [0.25, 0.3) is 0 Å². The van der Waals surface area contributed by atoms with Crippen molar-refractivity contribution in [2.45, 2.75) is 12.0 Å². The van der Waals surface area contributed by atoms with Gasteiger partial charge in [-0.3, -0.25) is 9.69 Å². The summed E-state index contributed by atoms with van der Waals surface area (Å²) in [7, 11) is 0. The van der Waals surface area contributed by atoms with Crippen LogP contribution >= 0.6 is 11.6 Å². The molecule has 0 aliphatic carbocycles. The fourth-order valence-corrected chi connectivity index (χ4v) is 5.56. The van der Waals surface area contributed by atoms with Crippen LogP contribution in [0.2, 0.25) is 5.02 Å². The van der Waals surface area contributed by atoms with Gasteiger partial charge in [-0.2, -0.15) is 5.26 Å². The Morgan fingerprint density at radius 2 is 1.76 bits per heavy atom. The predicted octanol–water partition coefficient (Wildman–Crippen LogP) is 4.29. The number of cyclic esters (lactones) is 1. The Kier molecular flexibility index (Phi) is 5.07. The first-order valence-corrected chi connectivity index (χ1v) is 11.8. The van der Waals surface area contributed by atoms with Crippen molar-refractivity contribution in [2.75, 3.05) is 16.4 Å². The van der Waals surface area contributed by atoms with Gasteiger partial charge in [0.2, 0.25) is 5.91 Å². The molecule has 0 radical (unpaired) electrons. The highest BCUT2D eigenvalue weighted by molar-refractivity contribution is 6.30. The second-order valence-corrected chi connectivity index (χ2v) is 9.27. The molecule has 2 N–H and O–H groups in total. The van der Waals surface area contributed by atoms with Crippen molar-refractivity contribution in [1.29, 1.82) is 5.26 Å². The number of amides is 1. The molecule has 3 aromatic carbocycles. The van der Waals surface area contributed by atoms with Crippen LogP contribution < -0.4 is 15.5 Å². The van der Waals surface area contributed by atoms with Crippen LogP contribution in [0.5, 0.6) is 0 Å². The van der Waals surface area contributed by atoms with E-state index in [4.69, 9.17) is 22.1 Å². The number of nitrogens with zero attached hydrogens (tertiary/aromatic N) is 3. The van der Waals surface area contributed by atoms with Crippen molar-refractivity contribution in [3.8, 4) is 6.07 Å². The van der Waals surface area contributed by atoms with E-state index in [1.165, 1.54) is 11.0 Å². The maximum absolute atomic E-state index is 14.6. The van der Waals surface area contributed by atoms with Crippen LogP contribution in [0, 0.1) is 17.1 Å². The molecule has 0 aromatic heterocycles. The highest BCUT2D eigenvalue weighted by Crippen LogP contribution is 2.56. The maximum atomic E-state index is 14.6. The molecule has 1 spiro atoms. The van der Waals surface area contributed by atoms with Crippen LogP contribution in [0.4, 0.5) is 15.8 Å². The van der Waals surface area contributed by atoms with Crippen molar-refractivity contribution in [2.24, 2.45) is 5.73 Å². The van der Waals surface area contributed by atoms with Gasteiger partial charge in [0, 0.05) is 27.5 Å². The van der Waals surface area contributed by atoms with E-state index >= 15 is 0 Å². The molecule has 3 aliphatic rings. The van der Waals surface area contributed by atoms with E-state index in [-0.39, 0.29) is 30.1 Å². The van der Waals surface area contributed by atoms with E-state index in [0.29, 0.717) is 33.2 Å². The molecule has 7 nitrogen and oxygen atoms in total. The Labute approximate surface area is 216 Å². The van der Waals surface area contributed by atoms with E-state index in [1.807, 2.05) is 0 Å². The predicted molar refractivity (Wildman–Crippen MR) is 134 cm³/mol. The number of ether oxygens (including phenoxy) is 1. The molecule has 0 saturated carbocycles. The summed E-state index contributed by atoms with van der Waals surface area (Å²) in [6, 6.07) is 21.8. The molecular formula is C28H18ClFN4O3.